The van der Waals surface area contributed by atoms with E-state index in [2.05, 4.69) is 31.4 Å². The molecule has 0 bridgehead atoms. The highest BCUT2D eigenvalue weighted by atomic mass is 16.1. The van der Waals surface area contributed by atoms with Crippen LogP contribution in [0.1, 0.15) is 59.3 Å². The standard InChI is InChI=1S/C15H30N2O/c1-4-6-7-13(5-2)15(18)17-12(3)14-8-10-16-11-9-14/h12-14,16H,4-11H2,1-3H3,(H,17,18). The predicted molar refractivity (Wildman–Crippen MR) is 76.5 cm³/mol. The molecule has 1 amide bonds. The van der Waals surface area contributed by atoms with Gasteiger partial charge < -0.3 is 10.6 Å². The van der Waals surface area contributed by atoms with Crippen LogP contribution < -0.4 is 10.6 Å². The third-order valence-electron chi connectivity index (χ3n) is 4.23. The van der Waals surface area contributed by atoms with E-state index >= 15 is 0 Å². The first kappa shape index (κ1) is 15.5. The second kappa shape index (κ2) is 8.52. The minimum Gasteiger partial charge on any atom is -0.353 e. The summed E-state index contributed by atoms with van der Waals surface area (Å²) in [6, 6.07) is 0.329. The van der Waals surface area contributed by atoms with E-state index in [-0.39, 0.29) is 11.8 Å². The molecule has 1 heterocycles. The highest BCUT2D eigenvalue weighted by molar-refractivity contribution is 5.78. The van der Waals surface area contributed by atoms with Gasteiger partial charge in [-0.05, 0) is 51.6 Å². The molecule has 1 aliphatic rings. The summed E-state index contributed by atoms with van der Waals surface area (Å²) in [6.07, 6.45) is 6.71. The average Bonchev–Trinajstić information content (AvgIpc) is 2.40. The molecule has 0 aromatic heterocycles. The van der Waals surface area contributed by atoms with Crippen LogP contribution in [0.2, 0.25) is 0 Å². The lowest BCUT2D eigenvalue weighted by Gasteiger charge is -2.30. The van der Waals surface area contributed by atoms with Gasteiger partial charge in [0.2, 0.25) is 5.91 Å². The first-order valence-electron chi connectivity index (χ1n) is 7.70. The Morgan fingerprint density at radius 1 is 1.33 bits per heavy atom. The molecule has 0 saturated carbocycles. The van der Waals surface area contributed by atoms with Crippen LogP contribution in [0.3, 0.4) is 0 Å². The highest BCUT2D eigenvalue weighted by Gasteiger charge is 2.23. The maximum Gasteiger partial charge on any atom is 0.223 e. The third-order valence-corrected chi connectivity index (χ3v) is 4.23. The molecule has 106 valence electrons. The summed E-state index contributed by atoms with van der Waals surface area (Å²) in [5, 5.41) is 6.61. The van der Waals surface area contributed by atoms with Gasteiger partial charge in [0.25, 0.3) is 0 Å². The number of carbonyl (C=O) groups excluding carboxylic acids is 1. The molecule has 1 aliphatic heterocycles. The van der Waals surface area contributed by atoms with Crippen LogP contribution in [0.4, 0.5) is 0 Å². The van der Waals surface area contributed by atoms with Crippen molar-refractivity contribution in [1.29, 1.82) is 0 Å². The summed E-state index contributed by atoms with van der Waals surface area (Å²) in [5.41, 5.74) is 0. The van der Waals surface area contributed by atoms with Crippen LogP contribution in [0.15, 0.2) is 0 Å². The molecule has 2 unspecified atom stereocenters. The molecule has 1 fully saturated rings. The van der Waals surface area contributed by atoms with Crippen molar-refractivity contribution >= 4 is 5.91 Å². The van der Waals surface area contributed by atoms with Crippen molar-refractivity contribution in [3.63, 3.8) is 0 Å². The Kier molecular flexibility index (Phi) is 7.33. The molecule has 0 radical (unpaired) electrons. The van der Waals surface area contributed by atoms with Crippen LogP contribution in [0.25, 0.3) is 0 Å². The van der Waals surface area contributed by atoms with Crippen molar-refractivity contribution in [2.75, 3.05) is 13.1 Å². The van der Waals surface area contributed by atoms with Gasteiger partial charge in [0.1, 0.15) is 0 Å². The smallest absolute Gasteiger partial charge is 0.223 e. The Morgan fingerprint density at radius 2 is 2.00 bits per heavy atom. The Labute approximate surface area is 112 Å². The van der Waals surface area contributed by atoms with Gasteiger partial charge in [-0.3, -0.25) is 4.79 Å². The number of hydrogen-bond donors (Lipinski definition) is 2. The molecule has 1 rings (SSSR count). The van der Waals surface area contributed by atoms with E-state index < -0.39 is 0 Å². The van der Waals surface area contributed by atoms with E-state index in [1.54, 1.807) is 0 Å². The van der Waals surface area contributed by atoms with Gasteiger partial charge in [-0.15, -0.1) is 0 Å². The largest absolute Gasteiger partial charge is 0.353 e. The Hall–Kier alpha value is -0.570. The summed E-state index contributed by atoms with van der Waals surface area (Å²) < 4.78 is 0. The number of carbonyl (C=O) groups is 1. The number of piperidine rings is 1. The third kappa shape index (κ3) is 4.97. The molecule has 0 spiro atoms. The van der Waals surface area contributed by atoms with Gasteiger partial charge in [0.05, 0.1) is 0 Å². The van der Waals surface area contributed by atoms with Gasteiger partial charge in [-0.25, -0.2) is 0 Å². The first-order valence-corrected chi connectivity index (χ1v) is 7.70. The van der Waals surface area contributed by atoms with Gasteiger partial charge in [-0.2, -0.15) is 0 Å². The van der Waals surface area contributed by atoms with Gasteiger partial charge in [0, 0.05) is 12.0 Å². The molecule has 2 N–H and O–H groups in total. The van der Waals surface area contributed by atoms with Gasteiger partial charge in [0.15, 0.2) is 0 Å². The fourth-order valence-corrected chi connectivity index (χ4v) is 2.78. The number of nitrogens with one attached hydrogen (secondary N) is 2. The first-order chi connectivity index (χ1) is 8.69. The number of amides is 1. The lowest BCUT2D eigenvalue weighted by Crippen LogP contribution is -2.44. The van der Waals surface area contributed by atoms with Crippen molar-refractivity contribution in [3.05, 3.63) is 0 Å². The van der Waals surface area contributed by atoms with Crippen molar-refractivity contribution in [3.8, 4) is 0 Å². The minimum atomic E-state index is 0.217. The summed E-state index contributed by atoms with van der Waals surface area (Å²) in [7, 11) is 0. The lowest BCUT2D eigenvalue weighted by atomic mass is 9.90. The molecule has 2 atom stereocenters. The monoisotopic (exact) mass is 254 g/mol. The molecule has 3 nitrogen and oxygen atoms in total. The summed E-state index contributed by atoms with van der Waals surface area (Å²) >= 11 is 0. The van der Waals surface area contributed by atoms with E-state index in [0.717, 1.165) is 32.4 Å². The Balaban J connectivity index is 2.36. The van der Waals surface area contributed by atoms with Crippen molar-refractivity contribution in [1.82, 2.24) is 10.6 Å². The summed E-state index contributed by atoms with van der Waals surface area (Å²) in [6.45, 7) is 8.66. The lowest BCUT2D eigenvalue weighted by molar-refractivity contribution is -0.126. The van der Waals surface area contributed by atoms with E-state index in [1.165, 1.54) is 19.3 Å². The van der Waals surface area contributed by atoms with Crippen LogP contribution in [0.5, 0.6) is 0 Å². The fourth-order valence-electron chi connectivity index (χ4n) is 2.78. The normalized spacial score (nSPS) is 20.4. The molecule has 3 heteroatoms. The summed E-state index contributed by atoms with van der Waals surface area (Å²) in [5.74, 6) is 1.14. The predicted octanol–water partition coefficient (Wildman–Crippen LogP) is 2.71. The Bertz CT molecular complexity index is 237. The van der Waals surface area contributed by atoms with Crippen LogP contribution in [-0.2, 0) is 4.79 Å². The topological polar surface area (TPSA) is 41.1 Å². The zero-order valence-electron chi connectivity index (χ0n) is 12.3. The fraction of sp³-hybridized carbons (Fsp3) is 0.933. The van der Waals surface area contributed by atoms with E-state index in [1.807, 2.05) is 0 Å². The zero-order chi connectivity index (χ0) is 13.4. The SMILES string of the molecule is CCCCC(CC)C(=O)NC(C)C1CCNCC1. The van der Waals surface area contributed by atoms with E-state index in [9.17, 15) is 4.79 Å². The molecule has 1 saturated heterocycles. The molecule has 0 aromatic rings. The zero-order valence-corrected chi connectivity index (χ0v) is 12.3. The number of unbranched alkanes of at least 4 members (excludes halogenated alkanes) is 1. The van der Waals surface area contributed by atoms with Crippen molar-refractivity contribution < 1.29 is 4.79 Å². The maximum absolute atomic E-state index is 12.2. The molecule has 18 heavy (non-hydrogen) atoms. The summed E-state index contributed by atoms with van der Waals surface area (Å²) in [4.78, 5) is 12.2. The number of hydrogen-bond acceptors (Lipinski definition) is 2. The molecular formula is C15H30N2O. The molecule has 0 aromatic carbocycles. The van der Waals surface area contributed by atoms with Crippen molar-refractivity contribution in [2.24, 2.45) is 11.8 Å². The average molecular weight is 254 g/mol. The maximum atomic E-state index is 12.2. The van der Waals surface area contributed by atoms with Crippen LogP contribution in [-0.4, -0.2) is 25.0 Å². The molecule has 0 aliphatic carbocycles. The van der Waals surface area contributed by atoms with E-state index in [4.69, 9.17) is 0 Å². The van der Waals surface area contributed by atoms with Crippen molar-refractivity contribution in [2.45, 2.75) is 65.3 Å². The number of rotatable bonds is 7. The van der Waals surface area contributed by atoms with E-state index in [0.29, 0.717) is 12.0 Å². The van der Waals surface area contributed by atoms with Crippen LogP contribution in [0, 0.1) is 11.8 Å². The minimum absolute atomic E-state index is 0.217. The quantitative estimate of drug-likeness (QED) is 0.733. The Morgan fingerprint density at radius 3 is 2.56 bits per heavy atom. The highest BCUT2D eigenvalue weighted by Crippen LogP contribution is 2.18. The van der Waals surface area contributed by atoms with Gasteiger partial charge in [-0.1, -0.05) is 26.7 Å². The van der Waals surface area contributed by atoms with Gasteiger partial charge >= 0.3 is 0 Å². The second-order valence-electron chi connectivity index (χ2n) is 5.63. The van der Waals surface area contributed by atoms with Crippen LogP contribution >= 0.6 is 0 Å². The molecular weight excluding hydrogens is 224 g/mol. The second-order valence-corrected chi connectivity index (χ2v) is 5.63.